The highest BCUT2D eigenvalue weighted by molar-refractivity contribution is 5.84. The monoisotopic (exact) mass is 498 g/mol. The van der Waals surface area contributed by atoms with E-state index >= 15 is 0 Å². The third-order valence-corrected chi connectivity index (χ3v) is 6.93. The van der Waals surface area contributed by atoms with Gasteiger partial charge in [0.1, 0.15) is 5.78 Å². The van der Waals surface area contributed by atoms with E-state index < -0.39 is 0 Å². The number of H-pyrrole nitrogens is 1. The lowest BCUT2D eigenvalue weighted by atomic mass is 10.0. The predicted molar refractivity (Wildman–Crippen MR) is 150 cm³/mol. The van der Waals surface area contributed by atoms with E-state index in [-0.39, 0.29) is 11.9 Å². The fraction of sp³-hybridized carbons (Fsp3) is 0.387. The van der Waals surface area contributed by atoms with Crippen LogP contribution in [0.1, 0.15) is 63.0 Å². The summed E-state index contributed by atoms with van der Waals surface area (Å²) < 4.78 is 0. The number of unbranched alkanes of at least 4 members (excludes halogenated alkanes) is 2. The summed E-state index contributed by atoms with van der Waals surface area (Å²) in [6, 6.07) is 18.5. The van der Waals surface area contributed by atoms with Crippen molar-refractivity contribution in [2.24, 2.45) is 0 Å². The van der Waals surface area contributed by atoms with Gasteiger partial charge in [-0.25, -0.2) is 0 Å². The molecular formula is C31H38N4O2. The fourth-order valence-corrected chi connectivity index (χ4v) is 4.78. The Labute approximate surface area is 219 Å². The molecule has 4 rings (SSSR count). The molecule has 0 saturated carbocycles. The van der Waals surface area contributed by atoms with Crippen molar-refractivity contribution in [1.29, 1.82) is 0 Å². The third-order valence-electron chi connectivity index (χ3n) is 6.93. The Bertz CT molecular complexity index is 1310. The van der Waals surface area contributed by atoms with Crippen molar-refractivity contribution in [2.45, 2.75) is 70.9 Å². The lowest BCUT2D eigenvalue weighted by Crippen LogP contribution is -2.42. The van der Waals surface area contributed by atoms with E-state index in [1.54, 1.807) is 0 Å². The smallest absolute Gasteiger partial charge is 0.220 e. The zero-order valence-corrected chi connectivity index (χ0v) is 21.8. The van der Waals surface area contributed by atoms with Crippen LogP contribution in [0.5, 0.6) is 0 Å². The number of carbonyl (C=O) groups is 2. The molecule has 1 amide bonds. The minimum atomic E-state index is 0.0470. The Balaban J connectivity index is 1.28. The standard InChI is InChI=1S/C31H38N4O2/c1-2-27(36)12-5-3-4-11-26(22-32-19-23-18-24-10-6-8-14-29(24)33-20-23)35-31(37)17-16-25-21-34-30-15-9-7-13-28(25)30/h6-10,13-15,18,20-21,26,32,34H,2-5,11-12,16-17,19,22H2,1H3,(H,35,37). The van der Waals surface area contributed by atoms with Crippen LogP contribution in [-0.2, 0) is 22.6 Å². The van der Waals surface area contributed by atoms with Crippen LogP contribution in [0.2, 0.25) is 0 Å². The van der Waals surface area contributed by atoms with Crippen molar-refractivity contribution >= 4 is 33.5 Å². The number of pyridine rings is 1. The summed E-state index contributed by atoms with van der Waals surface area (Å²) in [6.45, 7) is 3.31. The van der Waals surface area contributed by atoms with Crippen LogP contribution in [0.4, 0.5) is 0 Å². The summed E-state index contributed by atoms with van der Waals surface area (Å²) in [6.07, 6.45) is 10.2. The maximum absolute atomic E-state index is 12.9. The van der Waals surface area contributed by atoms with Gasteiger partial charge in [-0.2, -0.15) is 0 Å². The maximum Gasteiger partial charge on any atom is 0.220 e. The largest absolute Gasteiger partial charge is 0.361 e. The first-order valence-corrected chi connectivity index (χ1v) is 13.5. The lowest BCUT2D eigenvalue weighted by molar-refractivity contribution is -0.121. The molecular weight excluding hydrogens is 460 g/mol. The molecule has 2 aromatic heterocycles. The number of para-hydroxylation sites is 2. The van der Waals surface area contributed by atoms with E-state index in [9.17, 15) is 9.59 Å². The number of fused-ring (bicyclic) bond motifs is 2. The molecule has 3 N–H and O–H groups in total. The van der Waals surface area contributed by atoms with Crippen molar-refractivity contribution in [3.63, 3.8) is 0 Å². The minimum Gasteiger partial charge on any atom is -0.361 e. The van der Waals surface area contributed by atoms with Crippen LogP contribution in [-0.4, -0.2) is 34.2 Å². The topological polar surface area (TPSA) is 86.9 Å². The maximum atomic E-state index is 12.9. The van der Waals surface area contributed by atoms with Crippen LogP contribution >= 0.6 is 0 Å². The first kappa shape index (κ1) is 26.6. The number of benzene rings is 2. The highest BCUT2D eigenvalue weighted by atomic mass is 16.1. The summed E-state index contributed by atoms with van der Waals surface area (Å²) in [4.78, 5) is 32.3. The Kier molecular flexibility index (Phi) is 9.83. The van der Waals surface area contributed by atoms with Crippen molar-refractivity contribution in [3.8, 4) is 0 Å². The van der Waals surface area contributed by atoms with E-state index in [0.29, 0.717) is 44.6 Å². The van der Waals surface area contributed by atoms with Gasteiger partial charge in [-0.3, -0.25) is 14.6 Å². The molecule has 194 valence electrons. The Morgan fingerprint density at radius 1 is 1.00 bits per heavy atom. The summed E-state index contributed by atoms with van der Waals surface area (Å²) in [7, 11) is 0. The number of nitrogens with one attached hydrogen (secondary N) is 3. The molecule has 4 aromatic rings. The summed E-state index contributed by atoms with van der Waals surface area (Å²) in [5.41, 5.74) is 4.39. The predicted octanol–water partition coefficient (Wildman–Crippen LogP) is 5.85. The molecule has 6 nitrogen and oxygen atoms in total. The van der Waals surface area contributed by atoms with Gasteiger partial charge in [-0.05, 0) is 48.6 Å². The molecule has 2 heterocycles. The lowest BCUT2D eigenvalue weighted by Gasteiger charge is -2.20. The molecule has 0 saturated heterocycles. The normalized spacial score (nSPS) is 12.1. The molecule has 6 heteroatoms. The van der Waals surface area contributed by atoms with Crippen molar-refractivity contribution in [2.75, 3.05) is 6.54 Å². The van der Waals surface area contributed by atoms with E-state index in [1.807, 2.05) is 49.6 Å². The summed E-state index contributed by atoms with van der Waals surface area (Å²) in [5.74, 6) is 0.401. The minimum absolute atomic E-state index is 0.0470. The van der Waals surface area contributed by atoms with E-state index in [1.165, 1.54) is 10.9 Å². The number of carbonyl (C=O) groups excluding carboxylic acids is 2. The summed E-state index contributed by atoms with van der Waals surface area (Å²) in [5, 5.41) is 9.09. The SMILES string of the molecule is CCC(=O)CCCCCC(CNCc1cnc2ccccc2c1)NC(=O)CCc1c[nH]c2ccccc12. The van der Waals surface area contributed by atoms with Crippen molar-refractivity contribution in [1.82, 2.24) is 20.6 Å². The van der Waals surface area contributed by atoms with Gasteiger partial charge in [0.25, 0.3) is 0 Å². The van der Waals surface area contributed by atoms with E-state index in [2.05, 4.69) is 44.9 Å². The van der Waals surface area contributed by atoms with Gasteiger partial charge in [0.05, 0.1) is 5.52 Å². The van der Waals surface area contributed by atoms with Gasteiger partial charge in [0.2, 0.25) is 5.91 Å². The number of ketones is 1. The van der Waals surface area contributed by atoms with Crippen LogP contribution in [0.15, 0.2) is 67.0 Å². The van der Waals surface area contributed by atoms with E-state index in [4.69, 9.17) is 0 Å². The highest BCUT2D eigenvalue weighted by Crippen LogP contribution is 2.19. The Morgan fingerprint density at radius 3 is 2.73 bits per heavy atom. The van der Waals surface area contributed by atoms with Crippen molar-refractivity contribution in [3.05, 3.63) is 78.1 Å². The second kappa shape index (κ2) is 13.7. The number of rotatable bonds is 15. The average Bonchev–Trinajstić information content (AvgIpc) is 3.34. The number of aromatic amines is 1. The zero-order valence-electron chi connectivity index (χ0n) is 21.8. The molecule has 0 radical (unpaired) electrons. The highest BCUT2D eigenvalue weighted by Gasteiger charge is 2.14. The molecule has 1 atom stereocenters. The number of hydrogen-bond acceptors (Lipinski definition) is 4. The molecule has 2 aromatic carbocycles. The molecule has 0 spiro atoms. The first-order chi connectivity index (χ1) is 18.1. The Morgan fingerprint density at radius 2 is 1.84 bits per heavy atom. The summed E-state index contributed by atoms with van der Waals surface area (Å²) >= 11 is 0. The number of hydrogen-bond donors (Lipinski definition) is 3. The molecule has 0 aliphatic carbocycles. The number of nitrogens with zero attached hydrogens (tertiary/aromatic N) is 1. The Hall–Kier alpha value is -3.51. The fourth-order valence-electron chi connectivity index (χ4n) is 4.78. The molecule has 37 heavy (non-hydrogen) atoms. The van der Waals surface area contributed by atoms with Crippen LogP contribution < -0.4 is 10.6 Å². The molecule has 0 fully saturated rings. The average molecular weight is 499 g/mol. The molecule has 1 unspecified atom stereocenters. The number of Topliss-reactive ketones (excluding diaryl/α,β-unsaturated/α-hetero) is 1. The van der Waals surface area contributed by atoms with Gasteiger partial charge in [-0.15, -0.1) is 0 Å². The van der Waals surface area contributed by atoms with Crippen LogP contribution in [0, 0.1) is 0 Å². The van der Waals surface area contributed by atoms with Gasteiger partial charge in [0, 0.05) is 67.1 Å². The molecule has 0 bridgehead atoms. The number of amides is 1. The third kappa shape index (κ3) is 7.99. The van der Waals surface area contributed by atoms with Crippen LogP contribution in [0.25, 0.3) is 21.8 Å². The zero-order chi connectivity index (χ0) is 25.9. The van der Waals surface area contributed by atoms with E-state index in [0.717, 1.165) is 47.7 Å². The quantitative estimate of drug-likeness (QED) is 0.179. The number of aryl methyl sites for hydroxylation is 1. The van der Waals surface area contributed by atoms with Gasteiger partial charge in [-0.1, -0.05) is 56.2 Å². The molecule has 0 aliphatic rings. The first-order valence-electron chi connectivity index (χ1n) is 13.5. The van der Waals surface area contributed by atoms with Crippen LogP contribution in [0.3, 0.4) is 0 Å². The van der Waals surface area contributed by atoms with Gasteiger partial charge < -0.3 is 15.6 Å². The molecule has 0 aliphatic heterocycles. The van der Waals surface area contributed by atoms with Gasteiger partial charge >= 0.3 is 0 Å². The second-order valence-electron chi connectivity index (χ2n) is 9.78. The number of aromatic nitrogens is 2. The van der Waals surface area contributed by atoms with Crippen molar-refractivity contribution < 1.29 is 9.59 Å². The van der Waals surface area contributed by atoms with Gasteiger partial charge in [0.15, 0.2) is 0 Å². The second-order valence-corrected chi connectivity index (χ2v) is 9.78.